The van der Waals surface area contributed by atoms with Crippen LogP contribution in [0.1, 0.15) is 29.5 Å². The van der Waals surface area contributed by atoms with E-state index in [1.807, 2.05) is 60.7 Å². The Morgan fingerprint density at radius 2 is 1.68 bits per heavy atom. The Kier molecular flexibility index (Phi) is 10.1. The molecule has 5 unspecified atom stereocenters. The van der Waals surface area contributed by atoms with Crippen LogP contribution in [0.2, 0.25) is 0 Å². The first-order valence-corrected chi connectivity index (χ1v) is 22.4. The maximum absolute atomic E-state index is 10.8. The lowest BCUT2D eigenvalue weighted by atomic mass is 10.1. The van der Waals surface area contributed by atoms with E-state index in [1.54, 1.807) is 27.2 Å². The van der Waals surface area contributed by atoms with Gasteiger partial charge in [-0.15, -0.1) is 0 Å². The quantitative estimate of drug-likeness (QED) is 0.0527. The van der Waals surface area contributed by atoms with Crippen LogP contribution in [0.4, 0.5) is 5.82 Å². The van der Waals surface area contributed by atoms with Crippen molar-refractivity contribution >= 4 is 68.2 Å². The highest BCUT2D eigenvalue weighted by Gasteiger charge is 2.49. The van der Waals surface area contributed by atoms with Crippen molar-refractivity contribution < 1.29 is 42.0 Å². The van der Waals surface area contributed by atoms with Crippen molar-refractivity contribution in [1.29, 1.82) is 15.5 Å². The van der Waals surface area contributed by atoms with Gasteiger partial charge in [0.15, 0.2) is 23.4 Å². The van der Waals surface area contributed by atoms with Gasteiger partial charge < -0.3 is 28.9 Å². The van der Waals surface area contributed by atoms with Crippen LogP contribution < -0.4 is 5.73 Å². The van der Waals surface area contributed by atoms with Gasteiger partial charge in [0.1, 0.15) is 18.6 Å². The maximum Gasteiger partial charge on any atom is 0.364 e. The Morgan fingerprint density at radius 3 is 2.50 bits per heavy atom. The summed E-state index contributed by atoms with van der Waals surface area (Å²) in [5.41, 5.74) is 8.42. The molecule has 3 aliphatic rings. The summed E-state index contributed by atoms with van der Waals surface area (Å²) in [4.78, 5) is 41.1. The molecule has 8 N–H and O–H groups in total. The molecule has 4 heterocycles. The summed E-state index contributed by atoms with van der Waals surface area (Å²) in [6.07, 6.45) is 0.130. The molecule has 0 spiro atoms. The minimum Gasteiger partial charge on any atom is -0.465 e. The van der Waals surface area contributed by atoms with Crippen molar-refractivity contribution in [2.75, 3.05) is 6.61 Å². The van der Waals surface area contributed by atoms with Gasteiger partial charge in [-0.2, -0.15) is 0 Å². The van der Waals surface area contributed by atoms with Crippen molar-refractivity contribution in [1.82, 2.24) is 9.55 Å². The molecule has 1 saturated heterocycles. The van der Waals surface area contributed by atoms with Crippen LogP contribution in [-0.4, -0.2) is 51.1 Å². The lowest BCUT2D eigenvalue weighted by Gasteiger charge is -2.25. The first kappa shape index (κ1) is 35.5. The van der Waals surface area contributed by atoms with Crippen molar-refractivity contribution in [2.45, 2.75) is 37.6 Å². The number of fused-ring (bicyclic) bond motifs is 3. The summed E-state index contributed by atoms with van der Waals surface area (Å²) in [5.74, 6) is 0.838. The molecule has 3 aliphatic heterocycles. The number of nitrogens with one attached hydrogen (secondary N) is 3. The first-order chi connectivity index (χ1) is 23.9. The summed E-state index contributed by atoms with van der Waals surface area (Å²) >= 11 is -0.582. The topological polar surface area (TPSA) is 244 Å². The Balaban J connectivity index is 1.05. The molecule has 1 fully saturated rings. The predicted molar refractivity (Wildman–Crippen MR) is 196 cm³/mol. The zero-order valence-electron chi connectivity index (χ0n) is 26.1. The van der Waals surface area contributed by atoms with E-state index >= 15 is 0 Å². The molecule has 4 aromatic rings. The second kappa shape index (κ2) is 14.3. The van der Waals surface area contributed by atoms with Gasteiger partial charge in [0.2, 0.25) is 20.0 Å². The number of hydrogen-bond acceptors (Lipinski definition) is 12. The van der Waals surface area contributed by atoms with Crippen LogP contribution in [0.25, 0.3) is 10.8 Å². The van der Waals surface area contributed by atoms with E-state index in [1.165, 1.54) is 0 Å². The number of aliphatic imine (C=N–C) groups is 1. The number of benzene rings is 3. The number of aryl methyl sites for hydroxylation is 1. The normalized spacial score (nSPS) is 23.4. The van der Waals surface area contributed by atoms with Crippen molar-refractivity contribution in [3.8, 4) is 0 Å². The average Bonchev–Trinajstić information content (AvgIpc) is 3.77. The van der Waals surface area contributed by atoms with Crippen LogP contribution >= 0.6 is 43.7 Å². The van der Waals surface area contributed by atoms with Gasteiger partial charge >= 0.3 is 15.5 Å². The summed E-state index contributed by atoms with van der Waals surface area (Å²) in [6.45, 7) is -0.568. The van der Waals surface area contributed by atoms with Crippen LogP contribution in [-0.2, 0) is 39.9 Å². The summed E-state index contributed by atoms with van der Waals surface area (Å²) in [5, 5.41) is 26.4. The average molecular weight is 855 g/mol. The van der Waals surface area contributed by atoms with Crippen LogP contribution in [0.3, 0.4) is 0 Å². The lowest BCUT2D eigenvalue weighted by molar-refractivity contribution is -0.109. The fourth-order valence-electron chi connectivity index (χ4n) is 5.73. The van der Waals surface area contributed by atoms with Crippen molar-refractivity contribution in [3.05, 3.63) is 107 Å². The Bertz CT molecular complexity index is 2180. The van der Waals surface area contributed by atoms with Gasteiger partial charge in [0.05, 0.1) is 14.0 Å². The van der Waals surface area contributed by atoms with Gasteiger partial charge in [-0.1, -0.05) is 93.5 Å². The number of nitrogens with zero attached hydrogens (tertiary/aromatic N) is 3. The van der Waals surface area contributed by atoms with E-state index in [0.29, 0.717) is 33.5 Å². The van der Waals surface area contributed by atoms with Crippen molar-refractivity contribution in [2.24, 2.45) is 10.7 Å². The summed E-state index contributed by atoms with van der Waals surface area (Å²) in [7, 11) is -13.8. The number of imidazole rings is 1. The third-order valence-corrected chi connectivity index (χ3v) is 14.6. The number of halogens is 1. The molecule has 1 aromatic heterocycles. The zero-order chi connectivity index (χ0) is 35.1. The molecular weight excluding hydrogens is 822 g/mol. The van der Waals surface area contributed by atoms with E-state index in [9.17, 15) is 14.7 Å². The van der Waals surface area contributed by atoms with E-state index in [4.69, 9.17) is 48.6 Å². The molecule has 0 saturated carbocycles. The van der Waals surface area contributed by atoms with E-state index in [-0.39, 0.29) is 17.7 Å². The second-order valence-corrected chi connectivity index (χ2v) is 19.1. The number of rotatable bonds is 13. The molecule has 50 heavy (non-hydrogen) atoms. The fourth-order valence-corrected chi connectivity index (χ4v) is 11.6. The van der Waals surface area contributed by atoms with Crippen LogP contribution in [0, 0.1) is 15.5 Å². The van der Waals surface area contributed by atoms with Crippen LogP contribution in [0.15, 0.2) is 95.6 Å². The fraction of sp³-hybridized carbons (Fsp3) is 0.233. The summed E-state index contributed by atoms with van der Waals surface area (Å²) < 4.78 is 38.0. The second-order valence-electron chi connectivity index (χ2n) is 11.4. The highest BCUT2D eigenvalue weighted by Crippen LogP contribution is 2.69. The smallest absolute Gasteiger partial charge is 0.364 e. The molecule has 16 nitrogen and oxygen atoms in total. The molecule has 3 aromatic carbocycles. The molecule has 6 atom stereocenters. The predicted octanol–water partition coefficient (Wildman–Crippen LogP) is 7.12. The van der Waals surface area contributed by atoms with Crippen LogP contribution in [0.5, 0.6) is 0 Å². The molecule has 0 radical (unpaired) electrons. The standard InChI is InChI=1S/C30H33IN7O9P3/c32-28-25-29(36-17-31-28)38(18-37-25)30-27-26(44-24(45-27)14-13-19-7-2-1-3-8-19)23(43-30)15-42-49(34,40)47-50(35,41)46-48(33,39)16-21-11-6-10-20-9-4-5-12-22(20)21/h1-12,17-18,24,27,30H,13-16,32H2,(H2,33,39)(H2,34,40)(H2,35,41)/t24?,27?,30-,48?,49?,50?/m1/s1. The van der Waals surface area contributed by atoms with E-state index in [0.717, 1.165) is 16.3 Å². The molecule has 0 bridgehead atoms. The molecule has 264 valence electrons. The van der Waals surface area contributed by atoms with Gasteiger partial charge in [-0.3, -0.25) is 20.0 Å². The molecule has 0 aliphatic carbocycles. The third-order valence-electron chi connectivity index (χ3n) is 7.83. The SMILES string of the molecule is N=P(O)(Cc1cccc2ccccc12)OP(=N)(O)OP(=N)(O)OCC1=C2OC(CCc3ccccc3)OC2[C@H](n2cnc3c2N=CI=C3N)O1. The minimum atomic E-state index is -4.89. The largest absolute Gasteiger partial charge is 0.465 e. The zero-order valence-corrected chi connectivity index (χ0v) is 30.9. The van der Waals surface area contributed by atoms with Gasteiger partial charge in [-0.05, 0) is 28.3 Å². The lowest BCUT2D eigenvalue weighted by Crippen LogP contribution is -2.24. The molecule has 7 rings (SSSR count). The van der Waals surface area contributed by atoms with Gasteiger partial charge in [0, 0.05) is 6.42 Å². The van der Waals surface area contributed by atoms with E-state index in [2.05, 4.69) is 9.98 Å². The minimum absolute atomic E-state index is 0.0799. The van der Waals surface area contributed by atoms with Gasteiger partial charge in [-0.25, -0.2) is 28.9 Å². The number of aromatic nitrogens is 2. The monoisotopic (exact) mass is 855 g/mol. The van der Waals surface area contributed by atoms with E-state index < -0.39 is 68.9 Å². The van der Waals surface area contributed by atoms with Gasteiger partial charge in [0.25, 0.3) is 0 Å². The highest BCUT2D eigenvalue weighted by molar-refractivity contribution is 14.2. The van der Waals surface area contributed by atoms with Crippen molar-refractivity contribution in [3.63, 3.8) is 0 Å². The Morgan fingerprint density at radius 1 is 0.920 bits per heavy atom. The Hall–Kier alpha value is -2.89. The highest BCUT2D eigenvalue weighted by atomic mass is 127. The molecular formula is C30H33IN7O9P3. The molecule has 0 amide bonds. The number of nitrogens with two attached hydrogens (primary N) is 1. The number of hydrogen-bond donors (Lipinski definition) is 7. The molecule has 20 heteroatoms. The summed E-state index contributed by atoms with van der Waals surface area (Å²) in [6, 6.07) is 22.5. The maximum atomic E-state index is 10.8. The first-order valence-electron chi connectivity index (χ1n) is 15.1. The third kappa shape index (κ3) is 7.94. The number of ether oxygens (including phenoxy) is 3. The Labute approximate surface area is 296 Å².